The fourth-order valence-corrected chi connectivity index (χ4v) is 1.02. The summed E-state index contributed by atoms with van der Waals surface area (Å²) in [7, 11) is 2.20. The van der Waals surface area contributed by atoms with Crippen LogP contribution in [0.5, 0.6) is 0 Å². The summed E-state index contributed by atoms with van der Waals surface area (Å²) in [4.78, 5) is 2.41. The van der Waals surface area contributed by atoms with Crippen LogP contribution < -0.4 is 0 Å². The molecule has 0 bridgehead atoms. The molecule has 0 aromatic rings. The van der Waals surface area contributed by atoms with Gasteiger partial charge in [0.25, 0.3) is 0 Å². The normalized spacial score (nSPS) is 11.1. The van der Waals surface area contributed by atoms with Crippen LogP contribution in [0, 0.1) is 5.41 Å². The molecule has 0 aromatic carbocycles. The van der Waals surface area contributed by atoms with Gasteiger partial charge in [-0.2, -0.15) is 0 Å². The van der Waals surface area contributed by atoms with E-state index in [0.717, 1.165) is 0 Å². The summed E-state index contributed by atoms with van der Waals surface area (Å²) in [5.74, 6) is 0. The van der Waals surface area contributed by atoms with Crippen LogP contribution in [0.2, 0.25) is 0 Å². The van der Waals surface area contributed by atoms with Crippen molar-refractivity contribution >= 4 is 0 Å². The van der Waals surface area contributed by atoms with Gasteiger partial charge in [0.15, 0.2) is 0 Å². The molecule has 0 heterocycles. The van der Waals surface area contributed by atoms with Gasteiger partial charge in [-0.05, 0) is 38.4 Å². The van der Waals surface area contributed by atoms with Crippen molar-refractivity contribution in [2.45, 2.75) is 54.4 Å². The second kappa shape index (κ2) is 8.55. The van der Waals surface area contributed by atoms with Gasteiger partial charge in [0.2, 0.25) is 0 Å². The van der Waals surface area contributed by atoms with Crippen molar-refractivity contribution in [1.82, 2.24) is 4.90 Å². The van der Waals surface area contributed by atoms with Gasteiger partial charge in [0, 0.05) is 0 Å². The predicted octanol–water partition coefficient (Wildman–Crippen LogP) is 3.79. The molecule has 0 atom stereocenters. The van der Waals surface area contributed by atoms with Crippen molar-refractivity contribution in [1.29, 1.82) is 0 Å². The van der Waals surface area contributed by atoms with Crippen LogP contribution in [-0.2, 0) is 0 Å². The molecule has 0 aromatic heterocycles. The zero-order valence-electron chi connectivity index (χ0n) is 10.8. The molecule has 0 spiro atoms. The minimum absolute atomic E-state index is 0.488. The molecule has 0 N–H and O–H groups in total. The maximum Gasteiger partial charge on any atom is -0.00168 e. The van der Waals surface area contributed by atoms with E-state index in [2.05, 4.69) is 39.6 Å². The van der Waals surface area contributed by atoms with E-state index in [1.54, 1.807) is 0 Å². The fourth-order valence-electron chi connectivity index (χ4n) is 1.02. The molecule has 13 heavy (non-hydrogen) atoms. The maximum absolute atomic E-state index is 2.41. The highest BCUT2D eigenvalue weighted by Crippen LogP contribution is 2.18. The Morgan fingerprint density at radius 1 is 1.00 bits per heavy atom. The standard InChI is InChI=1S/C10H23N.C2H6/c1-6-8-11(5)9-7-10(2,3)4;1-2/h6-9H2,1-5H3;1-2H3. The van der Waals surface area contributed by atoms with Gasteiger partial charge in [-0.3, -0.25) is 0 Å². The van der Waals surface area contributed by atoms with E-state index in [0.29, 0.717) is 5.41 Å². The SMILES string of the molecule is CC.CCCN(C)CCC(C)(C)C. The van der Waals surface area contributed by atoms with Crippen LogP contribution in [0.4, 0.5) is 0 Å². The molecule has 0 saturated heterocycles. The Morgan fingerprint density at radius 3 is 1.77 bits per heavy atom. The highest BCUT2D eigenvalue weighted by Gasteiger charge is 2.10. The third kappa shape index (κ3) is 14.8. The minimum Gasteiger partial charge on any atom is -0.306 e. The van der Waals surface area contributed by atoms with E-state index in [4.69, 9.17) is 0 Å². The van der Waals surface area contributed by atoms with E-state index in [1.165, 1.54) is 25.9 Å². The fraction of sp³-hybridized carbons (Fsp3) is 1.00. The van der Waals surface area contributed by atoms with Gasteiger partial charge in [0.1, 0.15) is 0 Å². The molecule has 1 heteroatoms. The van der Waals surface area contributed by atoms with Crippen LogP contribution in [-0.4, -0.2) is 25.0 Å². The Labute approximate surface area is 85.5 Å². The number of hydrogen-bond donors (Lipinski definition) is 0. The van der Waals surface area contributed by atoms with Gasteiger partial charge in [-0.1, -0.05) is 41.5 Å². The summed E-state index contributed by atoms with van der Waals surface area (Å²) in [6.07, 6.45) is 2.56. The van der Waals surface area contributed by atoms with Crippen LogP contribution in [0.1, 0.15) is 54.4 Å². The quantitative estimate of drug-likeness (QED) is 0.647. The average molecular weight is 187 g/mol. The van der Waals surface area contributed by atoms with E-state index >= 15 is 0 Å². The molecule has 0 fully saturated rings. The highest BCUT2D eigenvalue weighted by molar-refractivity contribution is 4.63. The molecular formula is C12H29N. The average Bonchev–Trinajstić information content (AvgIpc) is 2.04. The summed E-state index contributed by atoms with van der Waals surface area (Å²) in [6.45, 7) is 15.6. The molecule has 0 aliphatic rings. The van der Waals surface area contributed by atoms with Gasteiger partial charge in [-0.25, -0.2) is 0 Å². The van der Waals surface area contributed by atoms with Gasteiger partial charge in [-0.15, -0.1) is 0 Å². The van der Waals surface area contributed by atoms with Crippen molar-refractivity contribution in [3.8, 4) is 0 Å². The van der Waals surface area contributed by atoms with Gasteiger partial charge >= 0.3 is 0 Å². The maximum atomic E-state index is 2.41. The Bertz CT molecular complexity index is 91.8. The van der Waals surface area contributed by atoms with Gasteiger partial charge < -0.3 is 4.90 Å². The summed E-state index contributed by atoms with van der Waals surface area (Å²) < 4.78 is 0. The van der Waals surface area contributed by atoms with E-state index in [9.17, 15) is 0 Å². The molecule has 82 valence electrons. The first-order chi connectivity index (χ1) is 5.95. The molecule has 0 radical (unpaired) electrons. The molecular weight excluding hydrogens is 158 g/mol. The van der Waals surface area contributed by atoms with Gasteiger partial charge in [0.05, 0.1) is 0 Å². The van der Waals surface area contributed by atoms with Crippen molar-refractivity contribution in [3.05, 3.63) is 0 Å². The summed E-state index contributed by atoms with van der Waals surface area (Å²) in [6, 6.07) is 0. The van der Waals surface area contributed by atoms with Crippen LogP contribution in [0.3, 0.4) is 0 Å². The molecule has 0 unspecified atom stereocenters. The number of hydrogen-bond acceptors (Lipinski definition) is 1. The molecule has 0 aliphatic carbocycles. The predicted molar refractivity (Wildman–Crippen MR) is 63.2 cm³/mol. The van der Waals surface area contributed by atoms with Crippen molar-refractivity contribution in [2.75, 3.05) is 20.1 Å². The Morgan fingerprint density at radius 2 is 1.46 bits per heavy atom. The lowest BCUT2D eigenvalue weighted by molar-refractivity contribution is 0.265. The van der Waals surface area contributed by atoms with Crippen molar-refractivity contribution in [2.24, 2.45) is 5.41 Å². The third-order valence-electron chi connectivity index (χ3n) is 1.85. The number of nitrogens with zero attached hydrogens (tertiary/aromatic N) is 1. The lowest BCUT2D eigenvalue weighted by Gasteiger charge is -2.22. The largest absolute Gasteiger partial charge is 0.306 e. The highest BCUT2D eigenvalue weighted by atomic mass is 15.1. The molecule has 0 saturated carbocycles. The van der Waals surface area contributed by atoms with Crippen LogP contribution in [0.25, 0.3) is 0 Å². The summed E-state index contributed by atoms with van der Waals surface area (Å²) in [5.41, 5.74) is 0.488. The first kappa shape index (κ1) is 15.4. The van der Waals surface area contributed by atoms with E-state index < -0.39 is 0 Å². The molecule has 0 rings (SSSR count). The van der Waals surface area contributed by atoms with E-state index in [1.807, 2.05) is 13.8 Å². The molecule has 1 nitrogen and oxygen atoms in total. The third-order valence-corrected chi connectivity index (χ3v) is 1.85. The smallest absolute Gasteiger partial charge is 0.00168 e. The minimum atomic E-state index is 0.488. The topological polar surface area (TPSA) is 3.24 Å². The first-order valence-electron chi connectivity index (χ1n) is 5.64. The zero-order chi connectivity index (χ0) is 10.9. The second-order valence-corrected chi connectivity index (χ2v) is 4.61. The van der Waals surface area contributed by atoms with Crippen LogP contribution in [0.15, 0.2) is 0 Å². The monoisotopic (exact) mass is 187 g/mol. The van der Waals surface area contributed by atoms with Crippen LogP contribution >= 0.6 is 0 Å². The lowest BCUT2D eigenvalue weighted by Crippen LogP contribution is -2.24. The van der Waals surface area contributed by atoms with Crippen molar-refractivity contribution in [3.63, 3.8) is 0 Å². The summed E-state index contributed by atoms with van der Waals surface area (Å²) >= 11 is 0. The zero-order valence-corrected chi connectivity index (χ0v) is 10.8. The number of rotatable bonds is 4. The Balaban J connectivity index is 0. The van der Waals surface area contributed by atoms with Crippen molar-refractivity contribution < 1.29 is 0 Å². The first-order valence-corrected chi connectivity index (χ1v) is 5.64. The molecule has 0 amide bonds. The summed E-state index contributed by atoms with van der Waals surface area (Å²) in [5, 5.41) is 0. The second-order valence-electron chi connectivity index (χ2n) is 4.61. The Kier molecular flexibility index (Phi) is 10.2. The lowest BCUT2D eigenvalue weighted by atomic mass is 9.92. The van der Waals surface area contributed by atoms with E-state index in [-0.39, 0.29) is 0 Å². The molecule has 0 aliphatic heterocycles. The Hall–Kier alpha value is -0.0400.